The zero-order chi connectivity index (χ0) is 18.3. The van der Waals surface area contributed by atoms with Gasteiger partial charge in [0.1, 0.15) is 11.4 Å². The van der Waals surface area contributed by atoms with Gasteiger partial charge in [-0.25, -0.2) is 4.79 Å². The molecule has 7 aliphatic rings. The van der Waals surface area contributed by atoms with E-state index in [2.05, 4.69) is 18.8 Å². The van der Waals surface area contributed by atoms with Gasteiger partial charge in [-0.3, -0.25) is 4.79 Å². The summed E-state index contributed by atoms with van der Waals surface area (Å²) in [5.74, 6) is 8.58. The fourth-order valence-electron chi connectivity index (χ4n) is 8.67. The number of aliphatic carboxylic acids is 1. The maximum atomic E-state index is 12.1. The van der Waals surface area contributed by atoms with Gasteiger partial charge in [-0.15, -0.1) is 0 Å². The third-order valence-electron chi connectivity index (χ3n) is 9.74. The average molecular weight is 364 g/mol. The topological polar surface area (TPSA) is 66.9 Å². The van der Waals surface area contributed by atoms with Gasteiger partial charge in [0.25, 0.3) is 0 Å². The molecule has 0 radical (unpaired) electrons. The van der Waals surface area contributed by atoms with Gasteiger partial charge in [0.2, 0.25) is 0 Å². The summed E-state index contributed by atoms with van der Waals surface area (Å²) in [5, 5.41) is 9.06. The maximum Gasteiger partial charge on any atom is 0.382 e. The van der Waals surface area contributed by atoms with Crippen molar-refractivity contribution >= 4 is 11.8 Å². The Hall–Kier alpha value is -1.60. The molecule has 9 atom stereocenters. The molecule has 0 amide bonds. The molecule has 0 aromatic carbocycles. The van der Waals surface area contributed by atoms with Gasteiger partial charge in [-0.2, -0.15) is 0 Å². The molecule has 1 heterocycles. The standard InChI is InChI=1S/C23H24O4/c1-21-5-2-11(24)8-16(21)12-9-13(12)19-15(21)3-6-23-20(19)14-10-17(14)22(23,27-23)7-4-18(25)26/h13-15,17,19-20H,2-3,5-6,8-10H2,1H3,(H,25,26)/t13-,14+,15?,17-,19?,20?,21+,22-,23+/m0/s1. The van der Waals surface area contributed by atoms with Gasteiger partial charge >= 0.3 is 5.97 Å². The molecule has 5 saturated carbocycles. The first-order chi connectivity index (χ1) is 12.9. The van der Waals surface area contributed by atoms with Gasteiger partial charge in [-0.1, -0.05) is 24.0 Å². The number of carbonyl (C=O) groups is 2. The molecule has 3 unspecified atom stereocenters. The van der Waals surface area contributed by atoms with E-state index < -0.39 is 11.6 Å². The van der Waals surface area contributed by atoms with Crippen LogP contribution in [0.4, 0.5) is 0 Å². The maximum absolute atomic E-state index is 12.1. The summed E-state index contributed by atoms with van der Waals surface area (Å²) < 4.78 is 6.43. The Balaban J connectivity index is 1.32. The SMILES string of the molecule is C[C@]12CCC(=O)CC1=C1C[C@@H]1C1C2CC[C@]23O[C@@]2(C#CC(=O)O)[C@H]2C[C@H]2C13. The molecule has 1 saturated heterocycles. The van der Waals surface area contributed by atoms with E-state index in [9.17, 15) is 9.59 Å². The van der Waals surface area contributed by atoms with E-state index in [4.69, 9.17) is 9.84 Å². The number of allylic oxidation sites excluding steroid dienone is 2. The number of hydrogen-bond acceptors (Lipinski definition) is 3. The number of hydrogen-bond donors (Lipinski definition) is 1. The lowest BCUT2D eigenvalue weighted by atomic mass is 9.49. The zero-order valence-electron chi connectivity index (χ0n) is 15.6. The van der Waals surface area contributed by atoms with Crippen LogP contribution in [-0.4, -0.2) is 28.1 Å². The van der Waals surface area contributed by atoms with Crippen molar-refractivity contribution in [1.29, 1.82) is 0 Å². The van der Waals surface area contributed by atoms with Gasteiger partial charge in [-0.05, 0) is 67.1 Å². The highest BCUT2D eigenvalue weighted by Crippen LogP contribution is 2.84. The lowest BCUT2D eigenvalue weighted by Crippen LogP contribution is -2.51. The summed E-state index contributed by atoms with van der Waals surface area (Å²) in [5.41, 5.74) is 2.72. The van der Waals surface area contributed by atoms with E-state index in [1.807, 2.05) is 0 Å². The summed E-state index contributed by atoms with van der Waals surface area (Å²) >= 11 is 0. The quantitative estimate of drug-likeness (QED) is 0.408. The zero-order valence-corrected chi connectivity index (χ0v) is 15.6. The average Bonchev–Trinajstić information content (AvgIpc) is 3.52. The number of epoxide rings is 1. The molecular weight excluding hydrogens is 340 g/mol. The minimum absolute atomic E-state index is 0.156. The van der Waals surface area contributed by atoms with Crippen LogP contribution in [0, 0.1) is 52.8 Å². The lowest BCUT2D eigenvalue weighted by Gasteiger charge is -2.54. The Morgan fingerprint density at radius 1 is 1.30 bits per heavy atom. The van der Waals surface area contributed by atoms with E-state index in [-0.39, 0.29) is 11.0 Å². The normalized spacial score (nSPS) is 57.7. The van der Waals surface area contributed by atoms with Crippen LogP contribution in [0.5, 0.6) is 0 Å². The Morgan fingerprint density at radius 2 is 2.15 bits per heavy atom. The summed E-state index contributed by atoms with van der Waals surface area (Å²) in [6, 6.07) is 0. The predicted molar refractivity (Wildman–Crippen MR) is 95.4 cm³/mol. The summed E-state index contributed by atoms with van der Waals surface area (Å²) in [7, 11) is 0. The molecule has 0 aromatic rings. The Labute approximate surface area is 158 Å². The Bertz CT molecular complexity index is 936. The second-order valence-corrected chi connectivity index (χ2v) is 10.5. The molecule has 7 rings (SSSR count). The van der Waals surface area contributed by atoms with E-state index in [0.717, 1.165) is 32.1 Å². The molecule has 4 nitrogen and oxygen atoms in total. The molecule has 1 spiro atoms. The first-order valence-corrected chi connectivity index (χ1v) is 10.6. The molecule has 0 bridgehead atoms. The summed E-state index contributed by atoms with van der Waals surface area (Å²) in [6.07, 6.45) is 7.01. The van der Waals surface area contributed by atoms with Crippen molar-refractivity contribution < 1.29 is 19.4 Å². The molecule has 27 heavy (non-hydrogen) atoms. The second-order valence-electron chi connectivity index (χ2n) is 10.5. The smallest absolute Gasteiger partial charge is 0.382 e. The van der Waals surface area contributed by atoms with Crippen LogP contribution in [0.15, 0.2) is 11.1 Å². The fourth-order valence-corrected chi connectivity index (χ4v) is 8.67. The molecule has 1 aliphatic heterocycles. The molecular formula is C23H24O4. The van der Waals surface area contributed by atoms with Crippen LogP contribution < -0.4 is 0 Å². The highest BCUT2D eigenvalue weighted by atomic mass is 16.6. The number of fused-ring (bicyclic) bond motifs is 9. The minimum atomic E-state index is -1.04. The minimum Gasteiger partial charge on any atom is -0.472 e. The van der Waals surface area contributed by atoms with Crippen molar-refractivity contribution in [2.45, 2.75) is 63.1 Å². The summed E-state index contributed by atoms with van der Waals surface area (Å²) in [4.78, 5) is 23.2. The number of carboxylic acids is 1. The monoisotopic (exact) mass is 364 g/mol. The molecule has 6 fully saturated rings. The van der Waals surface area contributed by atoms with Crippen molar-refractivity contribution in [3.63, 3.8) is 0 Å². The number of Topliss-reactive ketones (excluding diaryl/α,β-unsaturated/α-hetero) is 1. The third-order valence-corrected chi connectivity index (χ3v) is 9.74. The van der Waals surface area contributed by atoms with Crippen molar-refractivity contribution in [2.24, 2.45) is 40.9 Å². The van der Waals surface area contributed by atoms with Crippen LogP contribution in [0.3, 0.4) is 0 Å². The van der Waals surface area contributed by atoms with E-state index >= 15 is 0 Å². The first-order valence-electron chi connectivity index (χ1n) is 10.6. The lowest BCUT2D eigenvalue weighted by molar-refractivity contribution is -0.130. The molecule has 140 valence electrons. The number of carbonyl (C=O) groups excluding carboxylic acids is 1. The summed E-state index contributed by atoms with van der Waals surface area (Å²) in [6.45, 7) is 2.44. The van der Waals surface area contributed by atoms with Crippen LogP contribution in [0.25, 0.3) is 0 Å². The molecule has 6 aliphatic carbocycles. The molecule has 0 aromatic heterocycles. The van der Waals surface area contributed by atoms with E-state index in [1.54, 1.807) is 5.57 Å². The third kappa shape index (κ3) is 1.53. The van der Waals surface area contributed by atoms with Gasteiger partial charge in [0.05, 0.1) is 0 Å². The fraction of sp³-hybridized carbons (Fsp3) is 0.739. The predicted octanol–water partition coefficient (Wildman–Crippen LogP) is 2.96. The number of rotatable bonds is 0. The van der Waals surface area contributed by atoms with Gasteiger partial charge < -0.3 is 9.84 Å². The highest BCUT2D eigenvalue weighted by molar-refractivity contribution is 5.87. The van der Waals surface area contributed by atoms with Crippen molar-refractivity contribution in [3.05, 3.63) is 11.1 Å². The highest BCUT2D eigenvalue weighted by Gasteiger charge is 2.90. The van der Waals surface area contributed by atoms with Crippen LogP contribution >= 0.6 is 0 Å². The van der Waals surface area contributed by atoms with E-state index in [1.165, 1.54) is 12.0 Å². The van der Waals surface area contributed by atoms with Crippen LogP contribution in [0.1, 0.15) is 51.9 Å². The second kappa shape index (κ2) is 4.20. The number of ketones is 1. The van der Waals surface area contributed by atoms with Crippen LogP contribution in [-0.2, 0) is 14.3 Å². The van der Waals surface area contributed by atoms with E-state index in [0.29, 0.717) is 47.7 Å². The number of ether oxygens (including phenoxy) is 1. The van der Waals surface area contributed by atoms with Crippen molar-refractivity contribution in [3.8, 4) is 11.8 Å². The van der Waals surface area contributed by atoms with Gasteiger partial charge in [0, 0.05) is 24.7 Å². The van der Waals surface area contributed by atoms with Gasteiger partial charge in [0.15, 0.2) is 5.60 Å². The largest absolute Gasteiger partial charge is 0.472 e. The molecule has 4 heteroatoms. The Morgan fingerprint density at radius 3 is 2.96 bits per heavy atom. The first kappa shape index (κ1) is 15.3. The molecule has 1 N–H and O–H groups in total. The van der Waals surface area contributed by atoms with Crippen LogP contribution in [0.2, 0.25) is 0 Å². The Kier molecular flexibility index (Phi) is 2.39. The number of carboxylic acid groups (broad SMARTS) is 1. The van der Waals surface area contributed by atoms with Crippen molar-refractivity contribution in [1.82, 2.24) is 0 Å². The van der Waals surface area contributed by atoms with Crippen molar-refractivity contribution in [2.75, 3.05) is 0 Å².